The van der Waals surface area contributed by atoms with Gasteiger partial charge in [-0.2, -0.15) is 0 Å². The summed E-state index contributed by atoms with van der Waals surface area (Å²) in [4.78, 5) is 34.9. The van der Waals surface area contributed by atoms with Gasteiger partial charge in [0.15, 0.2) is 6.61 Å². The highest BCUT2D eigenvalue weighted by Crippen LogP contribution is 2.06. The highest BCUT2D eigenvalue weighted by molar-refractivity contribution is 5.96. The van der Waals surface area contributed by atoms with Crippen molar-refractivity contribution in [1.29, 1.82) is 0 Å². The highest BCUT2D eigenvalue weighted by atomic mass is 16.5. The first-order valence-electron chi connectivity index (χ1n) is 6.73. The normalized spacial score (nSPS) is 9.74. The molecule has 0 aliphatic heterocycles. The monoisotopic (exact) mass is 313 g/mol. The number of benzene rings is 2. The molecule has 23 heavy (non-hydrogen) atoms. The topological polar surface area (TPSA) is 111 Å². The average Bonchev–Trinajstić information content (AvgIpc) is 2.59. The number of nitrogens with two attached hydrogens (primary N) is 1. The van der Waals surface area contributed by atoms with Gasteiger partial charge in [-0.05, 0) is 36.4 Å². The Morgan fingerprint density at radius 3 is 2.17 bits per heavy atom. The quantitative estimate of drug-likeness (QED) is 0.441. The van der Waals surface area contributed by atoms with Gasteiger partial charge in [0, 0.05) is 11.3 Å². The summed E-state index contributed by atoms with van der Waals surface area (Å²) in [5.74, 6) is -1.78. The van der Waals surface area contributed by atoms with Gasteiger partial charge in [0.25, 0.3) is 11.8 Å². The Hall–Kier alpha value is -3.35. The summed E-state index contributed by atoms with van der Waals surface area (Å²) >= 11 is 0. The number of esters is 1. The van der Waals surface area contributed by atoms with Crippen molar-refractivity contribution in [3.05, 3.63) is 65.7 Å². The molecule has 2 aromatic carbocycles. The van der Waals surface area contributed by atoms with Gasteiger partial charge in [0.2, 0.25) is 0 Å². The molecule has 0 aliphatic rings. The first-order chi connectivity index (χ1) is 11.1. The Labute approximate surface area is 132 Å². The Morgan fingerprint density at radius 1 is 0.870 bits per heavy atom. The molecule has 2 amide bonds. The molecule has 0 saturated heterocycles. The molecule has 0 atom stereocenters. The molecule has 7 nitrogen and oxygen atoms in total. The van der Waals surface area contributed by atoms with Gasteiger partial charge in [-0.15, -0.1) is 0 Å². The van der Waals surface area contributed by atoms with E-state index in [0.29, 0.717) is 11.3 Å². The summed E-state index contributed by atoms with van der Waals surface area (Å²) in [5, 5.41) is 0. The number of carbonyl (C=O) groups excluding carboxylic acids is 3. The van der Waals surface area contributed by atoms with Gasteiger partial charge in [-0.25, -0.2) is 4.79 Å². The number of anilines is 1. The van der Waals surface area contributed by atoms with E-state index in [9.17, 15) is 14.4 Å². The smallest absolute Gasteiger partial charge is 0.338 e. The van der Waals surface area contributed by atoms with Crippen LogP contribution in [0.5, 0.6) is 0 Å². The van der Waals surface area contributed by atoms with Crippen LogP contribution in [0.25, 0.3) is 0 Å². The van der Waals surface area contributed by atoms with Gasteiger partial charge in [0.1, 0.15) is 0 Å². The van der Waals surface area contributed by atoms with Gasteiger partial charge in [0.05, 0.1) is 5.56 Å². The lowest BCUT2D eigenvalue weighted by Gasteiger charge is -2.08. The van der Waals surface area contributed by atoms with Crippen LogP contribution in [0.4, 0.5) is 5.69 Å². The van der Waals surface area contributed by atoms with Crippen LogP contribution in [0.1, 0.15) is 20.7 Å². The maximum absolute atomic E-state index is 11.7. The van der Waals surface area contributed by atoms with Gasteiger partial charge in [-0.1, -0.05) is 18.2 Å². The van der Waals surface area contributed by atoms with Crippen molar-refractivity contribution in [2.24, 2.45) is 0 Å². The van der Waals surface area contributed by atoms with Crippen LogP contribution in [0.15, 0.2) is 54.6 Å². The summed E-state index contributed by atoms with van der Waals surface area (Å²) in [7, 11) is 0. The molecule has 0 saturated carbocycles. The predicted octanol–water partition coefficient (Wildman–Crippen LogP) is 0.887. The average molecular weight is 313 g/mol. The summed E-state index contributed by atoms with van der Waals surface area (Å²) < 4.78 is 4.82. The van der Waals surface area contributed by atoms with Crippen molar-refractivity contribution in [3.8, 4) is 0 Å². The standard InChI is InChI=1S/C16H15N3O4/c17-13-8-6-12(7-9-13)16(22)23-10-14(20)18-19-15(21)11-4-2-1-3-5-11/h1-9H,10,17H2,(H,18,20)(H,19,21). The van der Waals surface area contributed by atoms with E-state index in [1.54, 1.807) is 42.5 Å². The molecule has 4 N–H and O–H groups in total. The molecular formula is C16H15N3O4. The van der Waals surface area contributed by atoms with Crippen LogP contribution in [0.2, 0.25) is 0 Å². The lowest BCUT2D eigenvalue weighted by molar-refractivity contribution is -0.125. The molecule has 0 spiro atoms. The summed E-state index contributed by atoms with van der Waals surface area (Å²) in [6.45, 7) is -0.516. The van der Waals surface area contributed by atoms with Crippen molar-refractivity contribution in [2.45, 2.75) is 0 Å². The van der Waals surface area contributed by atoms with Crippen LogP contribution in [0.3, 0.4) is 0 Å². The number of ether oxygens (including phenoxy) is 1. The molecule has 0 bridgehead atoms. The fraction of sp³-hybridized carbons (Fsp3) is 0.0625. The fourth-order valence-corrected chi connectivity index (χ4v) is 1.66. The lowest BCUT2D eigenvalue weighted by atomic mass is 10.2. The van der Waals surface area contributed by atoms with E-state index >= 15 is 0 Å². The number of carbonyl (C=O) groups is 3. The van der Waals surface area contributed by atoms with Crippen LogP contribution in [-0.2, 0) is 9.53 Å². The van der Waals surface area contributed by atoms with Gasteiger partial charge < -0.3 is 10.5 Å². The zero-order valence-electron chi connectivity index (χ0n) is 12.1. The molecule has 7 heteroatoms. The molecule has 0 unspecified atom stereocenters. The van der Waals surface area contributed by atoms with Gasteiger partial charge in [-0.3, -0.25) is 20.4 Å². The van der Waals surface area contributed by atoms with E-state index < -0.39 is 24.4 Å². The van der Waals surface area contributed by atoms with E-state index in [-0.39, 0.29) is 5.56 Å². The molecule has 2 aromatic rings. The number of hydrogen-bond acceptors (Lipinski definition) is 5. The Kier molecular flexibility index (Phi) is 5.30. The number of hydrogen-bond donors (Lipinski definition) is 3. The zero-order valence-corrected chi connectivity index (χ0v) is 12.1. The number of rotatable bonds is 4. The molecular weight excluding hydrogens is 298 g/mol. The molecule has 0 aromatic heterocycles. The molecule has 0 heterocycles. The Morgan fingerprint density at radius 2 is 1.52 bits per heavy atom. The molecule has 118 valence electrons. The van der Waals surface area contributed by atoms with E-state index in [0.717, 1.165) is 0 Å². The van der Waals surface area contributed by atoms with E-state index in [1.807, 2.05) is 0 Å². The third-order valence-electron chi connectivity index (χ3n) is 2.83. The first kappa shape index (κ1) is 16.0. The second-order valence-corrected chi connectivity index (χ2v) is 4.57. The SMILES string of the molecule is Nc1ccc(C(=O)OCC(=O)NNC(=O)c2ccccc2)cc1. The van der Waals surface area contributed by atoms with Crippen LogP contribution < -0.4 is 16.6 Å². The third-order valence-corrected chi connectivity index (χ3v) is 2.83. The van der Waals surface area contributed by atoms with E-state index in [4.69, 9.17) is 10.5 Å². The minimum atomic E-state index is -0.658. The second kappa shape index (κ2) is 7.60. The summed E-state index contributed by atoms with van der Waals surface area (Å²) in [5.41, 5.74) is 11.1. The molecule has 0 radical (unpaired) electrons. The number of hydrazine groups is 1. The Bertz CT molecular complexity index is 699. The van der Waals surface area contributed by atoms with E-state index in [1.165, 1.54) is 12.1 Å². The molecule has 0 fully saturated rings. The van der Waals surface area contributed by atoms with Crippen LogP contribution in [-0.4, -0.2) is 24.4 Å². The fourth-order valence-electron chi connectivity index (χ4n) is 1.66. The summed E-state index contributed by atoms with van der Waals surface area (Å²) in [6, 6.07) is 14.5. The zero-order chi connectivity index (χ0) is 16.7. The van der Waals surface area contributed by atoms with Crippen molar-refractivity contribution in [1.82, 2.24) is 10.9 Å². The van der Waals surface area contributed by atoms with Crippen molar-refractivity contribution in [3.63, 3.8) is 0 Å². The van der Waals surface area contributed by atoms with Crippen LogP contribution >= 0.6 is 0 Å². The highest BCUT2D eigenvalue weighted by Gasteiger charge is 2.11. The van der Waals surface area contributed by atoms with Crippen molar-refractivity contribution >= 4 is 23.5 Å². The maximum atomic E-state index is 11.7. The lowest BCUT2D eigenvalue weighted by Crippen LogP contribution is -2.43. The minimum absolute atomic E-state index is 0.278. The molecule has 2 rings (SSSR count). The van der Waals surface area contributed by atoms with E-state index in [2.05, 4.69) is 10.9 Å². The van der Waals surface area contributed by atoms with Crippen molar-refractivity contribution in [2.75, 3.05) is 12.3 Å². The van der Waals surface area contributed by atoms with Crippen LogP contribution in [0, 0.1) is 0 Å². The number of amides is 2. The number of nitrogen functional groups attached to an aromatic ring is 1. The second-order valence-electron chi connectivity index (χ2n) is 4.57. The largest absolute Gasteiger partial charge is 0.452 e. The Balaban J connectivity index is 1.76. The summed E-state index contributed by atoms with van der Waals surface area (Å²) in [6.07, 6.45) is 0. The minimum Gasteiger partial charge on any atom is -0.452 e. The van der Waals surface area contributed by atoms with Crippen molar-refractivity contribution < 1.29 is 19.1 Å². The maximum Gasteiger partial charge on any atom is 0.338 e. The first-order valence-corrected chi connectivity index (χ1v) is 6.73. The molecule has 0 aliphatic carbocycles. The third kappa shape index (κ3) is 4.85. The predicted molar refractivity (Wildman–Crippen MR) is 83.2 cm³/mol. The number of nitrogens with one attached hydrogen (secondary N) is 2. The van der Waals surface area contributed by atoms with Gasteiger partial charge >= 0.3 is 5.97 Å².